The molecule has 2 bridgehead atoms. The molecule has 234 valence electrons. The zero-order valence-electron chi connectivity index (χ0n) is 24.3. The Morgan fingerprint density at radius 2 is 1.80 bits per heavy atom. The maximum Gasteiger partial charge on any atom is 0.417 e. The summed E-state index contributed by atoms with van der Waals surface area (Å²) < 4.78 is 80.2. The molecular formula is C32H35F5N6O. The number of fused-ring (bicyclic) bond motifs is 4. The average Bonchev–Trinajstić information content (AvgIpc) is 3.57. The van der Waals surface area contributed by atoms with Crippen LogP contribution in [0.3, 0.4) is 0 Å². The van der Waals surface area contributed by atoms with E-state index in [9.17, 15) is 17.6 Å². The fraction of sp³-hybridized carbons (Fsp3) is 0.562. The quantitative estimate of drug-likeness (QED) is 0.268. The van der Waals surface area contributed by atoms with Gasteiger partial charge < -0.3 is 20.7 Å². The number of rotatable bonds is 6. The fourth-order valence-corrected chi connectivity index (χ4v) is 8.10. The van der Waals surface area contributed by atoms with Crippen molar-refractivity contribution in [3.63, 3.8) is 0 Å². The van der Waals surface area contributed by atoms with Gasteiger partial charge in [-0.2, -0.15) is 23.1 Å². The molecule has 8 rings (SSSR count). The third kappa shape index (κ3) is 4.76. The van der Waals surface area contributed by atoms with Crippen LogP contribution in [0.5, 0.6) is 6.01 Å². The molecule has 2 aromatic carbocycles. The highest BCUT2D eigenvalue weighted by Gasteiger charge is 2.49. The number of benzene rings is 2. The lowest BCUT2D eigenvalue weighted by Crippen LogP contribution is -2.51. The predicted octanol–water partition coefficient (Wildman–Crippen LogP) is 5.81. The fourth-order valence-electron chi connectivity index (χ4n) is 8.10. The molecule has 7 nitrogen and oxygen atoms in total. The number of halogens is 5. The average molecular weight is 615 g/mol. The van der Waals surface area contributed by atoms with E-state index in [1.54, 1.807) is 6.07 Å². The Morgan fingerprint density at radius 3 is 2.52 bits per heavy atom. The van der Waals surface area contributed by atoms with Gasteiger partial charge in [-0.15, -0.1) is 0 Å². The number of alkyl halides is 4. The van der Waals surface area contributed by atoms with Crippen molar-refractivity contribution < 1.29 is 26.7 Å². The van der Waals surface area contributed by atoms with Crippen LogP contribution in [0, 0.1) is 5.82 Å². The van der Waals surface area contributed by atoms with Gasteiger partial charge in [0.2, 0.25) is 0 Å². The summed E-state index contributed by atoms with van der Waals surface area (Å²) in [5.74, 6) is -0.397. The van der Waals surface area contributed by atoms with Gasteiger partial charge in [0, 0.05) is 54.8 Å². The Hall–Kier alpha value is -3.25. The number of nitrogen functional groups attached to an aromatic ring is 1. The normalized spacial score (nSPS) is 28.7. The van der Waals surface area contributed by atoms with Crippen LogP contribution < -0.4 is 20.7 Å². The Balaban J connectivity index is 1.24. The third-order valence-corrected chi connectivity index (χ3v) is 10.3. The molecule has 1 aromatic heterocycles. The Kier molecular flexibility index (Phi) is 6.50. The summed E-state index contributed by atoms with van der Waals surface area (Å²) in [6.45, 7) is 2.62. The number of nitrogens with zero attached hydrogens (tertiary/aromatic N) is 4. The summed E-state index contributed by atoms with van der Waals surface area (Å²) in [4.78, 5) is 13.4. The molecule has 5 heterocycles. The van der Waals surface area contributed by atoms with Crippen LogP contribution in [0.2, 0.25) is 0 Å². The van der Waals surface area contributed by atoms with Crippen molar-refractivity contribution >= 4 is 22.4 Å². The summed E-state index contributed by atoms with van der Waals surface area (Å²) in [6.07, 6.45) is 0.0362. The lowest BCUT2D eigenvalue weighted by molar-refractivity contribution is -0.137. The van der Waals surface area contributed by atoms with E-state index >= 15 is 4.39 Å². The van der Waals surface area contributed by atoms with E-state index in [0.717, 1.165) is 51.1 Å². The molecule has 5 fully saturated rings. The third-order valence-electron chi connectivity index (χ3n) is 10.3. The van der Waals surface area contributed by atoms with Crippen molar-refractivity contribution in [2.75, 3.05) is 43.4 Å². The van der Waals surface area contributed by atoms with Crippen LogP contribution in [-0.4, -0.2) is 71.4 Å². The van der Waals surface area contributed by atoms with Crippen LogP contribution in [0.4, 0.5) is 33.5 Å². The van der Waals surface area contributed by atoms with E-state index in [1.807, 2.05) is 0 Å². The van der Waals surface area contributed by atoms with Gasteiger partial charge in [0.15, 0.2) is 5.82 Å². The smallest absolute Gasteiger partial charge is 0.417 e. The van der Waals surface area contributed by atoms with Crippen LogP contribution in [0.1, 0.15) is 62.0 Å². The molecule has 0 unspecified atom stereocenters. The number of hydrogen-bond donors (Lipinski definition) is 2. The topological polar surface area (TPSA) is 79.5 Å². The Labute approximate surface area is 251 Å². The summed E-state index contributed by atoms with van der Waals surface area (Å²) in [5, 5.41) is 3.98. The summed E-state index contributed by atoms with van der Waals surface area (Å²) in [7, 11) is 0. The maximum atomic E-state index is 16.6. The first-order chi connectivity index (χ1) is 21.1. The molecule has 4 aliphatic heterocycles. The van der Waals surface area contributed by atoms with Gasteiger partial charge in [-0.25, -0.2) is 8.78 Å². The molecule has 4 atom stereocenters. The standard InChI is InChI=1S/C32H35F5N6O/c33-18-12-31(8-1-9-43(31)13-18)16-44-30-40-28-22(29(41-30)42-14-19-4-5-20(15-42)39-19)7-6-21(27(28)34)24-11-26(38)23(17-2-3-17)10-25(24)32(35,36)37/h6-7,10-11,17-20,39H,1-5,8-9,12-16,38H2/t18-,19-,20+,31+/m1/s1. The lowest BCUT2D eigenvalue weighted by atomic mass is 9.93. The number of ether oxygens (including phenoxy) is 1. The molecule has 0 spiro atoms. The van der Waals surface area contributed by atoms with Crippen molar-refractivity contribution in [3.8, 4) is 17.1 Å². The van der Waals surface area contributed by atoms with E-state index in [0.29, 0.717) is 42.8 Å². The van der Waals surface area contributed by atoms with Crippen LogP contribution >= 0.6 is 0 Å². The minimum atomic E-state index is -4.71. The Bertz CT molecular complexity index is 1620. The summed E-state index contributed by atoms with van der Waals surface area (Å²) in [6, 6.07) is 5.77. The van der Waals surface area contributed by atoms with E-state index in [2.05, 4.69) is 20.1 Å². The second kappa shape index (κ2) is 10.1. The first-order valence-corrected chi connectivity index (χ1v) is 15.6. The van der Waals surface area contributed by atoms with Gasteiger partial charge in [0.1, 0.15) is 24.1 Å². The highest BCUT2D eigenvalue weighted by Crippen LogP contribution is 2.48. The molecule has 0 radical (unpaired) electrons. The molecule has 12 heteroatoms. The van der Waals surface area contributed by atoms with Crippen molar-refractivity contribution in [2.24, 2.45) is 0 Å². The molecule has 44 heavy (non-hydrogen) atoms. The molecule has 0 amide bonds. The first-order valence-electron chi connectivity index (χ1n) is 15.6. The highest BCUT2D eigenvalue weighted by molar-refractivity contribution is 5.94. The van der Waals surface area contributed by atoms with Crippen LogP contribution in [-0.2, 0) is 6.18 Å². The minimum absolute atomic E-state index is 0.00117. The van der Waals surface area contributed by atoms with Crippen LogP contribution in [0.15, 0.2) is 24.3 Å². The molecule has 5 aliphatic rings. The number of nitrogens with one attached hydrogen (secondary N) is 1. The summed E-state index contributed by atoms with van der Waals surface area (Å²) >= 11 is 0. The lowest BCUT2D eigenvalue weighted by Gasteiger charge is -2.34. The van der Waals surface area contributed by atoms with Crippen molar-refractivity contribution in [1.29, 1.82) is 0 Å². The molecule has 1 saturated carbocycles. The molecule has 4 saturated heterocycles. The molecule has 1 aliphatic carbocycles. The molecule has 3 aromatic rings. The van der Waals surface area contributed by atoms with Crippen molar-refractivity contribution in [2.45, 2.75) is 80.8 Å². The predicted molar refractivity (Wildman–Crippen MR) is 157 cm³/mol. The zero-order valence-corrected chi connectivity index (χ0v) is 24.3. The number of nitrogens with two attached hydrogens (primary N) is 1. The van der Waals surface area contributed by atoms with Gasteiger partial charge >= 0.3 is 12.2 Å². The second-order valence-electron chi connectivity index (χ2n) is 13.4. The molecular weight excluding hydrogens is 579 g/mol. The van der Waals surface area contributed by atoms with Gasteiger partial charge in [-0.1, -0.05) is 6.07 Å². The van der Waals surface area contributed by atoms with Gasteiger partial charge in [-0.3, -0.25) is 4.90 Å². The SMILES string of the molecule is Nc1cc(-c2ccc3c(N4C[C@H]5CC[C@@H](C4)N5)nc(OC[C@@]45CCCN4C[C@H](F)C5)nc3c2F)c(C(F)(F)F)cc1C1CC1. The number of aromatic nitrogens is 2. The summed E-state index contributed by atoms with van der Waals surface area (Å²) in [5.41, 5.74) is 4.87. The number of piperazine rings is 1. The highest BCUT2D eigenvalue weighted by atomic mass is 19.4. The minimum Gasteiger partial charge on any atom is -0.461 e. The maximum absolute atomic E-state index is 16.6. The second-order valence-corrected chi connectivity index (χ2v) is 13.4. The van der Waals surface area contributed by atoms with Crippen LogP contribution in [0.25, 0.3) is 22.0 Å². The van der Waals surface area contributed by atoms with E-state index in [-0.39, 0.29) is 52.9 Å². The zero-order chi connectivity index (χ0) is 30.4. The van der Waals surface area contributed by atoms with Gasteiger partial charge in [0.25, 0.3) is 0 Å². The van der Waals surface area contributed by atoms with E-state index < -0.39 is 29.3 Å². The molecule has 3 N–H and O–H groups in total. The van der Waals surface area contributed by atoms with Crippen molar-refractivity contribution in [3.05, 3.63) is 41.2 Å². The first kappa shape index (κ1) is 28.2. The number of anilines is 2. The van der Waals surface area contributed by atoms with Gasteiger partial charge in [0.05, 0.1) is 11.1 Å². The van der Waals surface area contributed by atoms with Crippen molar-refractivity contribution in [1.82, 2.24) is 20.2 Å². The van der Waals surface area contributed by atoms with E-state index in [4.69, 9.17) is 15.5 Å². The largest absolute Gasteiger partial charge is 0.461 e. The van der Waals surface area contributed by atoms with Gasteiger partial charge in [-0.05, 0) is 80.3 Å². The monoisotopic (exact) mass is 614 g/mol. The Morgan fingerprint density at radius 1 is 1.02 bits per heavy atom. The number of hydrogen-bond acceptors (Lipinski definition) is 7. The van der Waals surface area contributed by atoms with E-state index in [1.165, 1.54) is 12.1 Å².